The fourth-order valence-corrected chi connectivity index (χ4v) is 13.3. The average Bonchev–Trinajstić information content (AvgIpc) is 1.42. The summed E-state index contributed by atoms with van der Waals surface area (Å²) in [5, 5.41) is 37.9. The van der Waals surface area contributed by atoms with Crippen molar-refractivity contribution in [2.24, 2.45) is 0 Å². The molecular weight excluding hydrogens is 2030 g/mol. The van der Waals surface area contributed by atoms with E-state index in [0.717, 1.165) is 96.0 Å². The molecule has 121 heavy (non-hydrogen) atoms. The van der Waals surface area contributed by atoms with Gasteiger partial charge < -0.3 is 30.6 Å². The van der Waals surface area contributed by atoms with Crippen LogP contribution in [0.25, 0.3) is 118 Å². The predicted octanol–water partition coefficient (Wildman–Crippen LogP) is 24.6. The Balaban J connectivity index is 0.000000156. The number of aromatic nitrogens is 12. The van der Waals surface area contributed by atoms with E-state index in [1.165, 1.54) is 77.9 Å². The maximum Gasteiger partial charge on any atom is 0.0600 e. The second-order valence-corrected chi connectivity index (χ2v) is 31.2. The summed E-state index contributed by atoms with van der Waals surface area (Å²) in [5.74, 6) is 0. The van der Waals surface area contributed by atoms with Gasteiger partial charge in [0.1, 0.15) is 0 Å². The Morgan fingerprint density at radius 3 is 1.18 bits per heavy atom. The molecule has 0 N–H and O–H groups in total. The van der Waals surface area contributed by atoms with Gasteiger partial charge in [0.2, 0.25) is 0 Å². The molecule has 12 nitrogen and oxygen atoms in total. The van der Waals surface area contributed by atoms with Crippen LogP contribution in [-0.4, -0.2) is 44.6 Å². The quantitative estimate of drug-likeness (QED) is 0.110. The van der Waals surface area contributed by atoms with E-state index in [1.807, 2.05) is 147 Å². The van der Waals surface area contributed by atoms with E-state index in [9.17, 15) is 0 Å². The standard InChI is InChI=1S/C25H22N2.C24H20N2.C23H18N2.C13H15N2.C12H13N2.C9H7N2.3Pt/c1-25(2,3)24-17-23(26-27-24)22-15-13-21(14-16-22)20-11-9-19(10-12-20)18-7-5-4-6-8-18;1-16-13-22(19-7-5-4-6-8-19)14-17(2)24(16)21-11-9-20(10-12-21)23-15-18(3)25-26-23;1-16-17(2)24-25-23(16)22-14-12-21(13-15-22)20-10-8-19(9-11-20)18-6-4-3-5-7-18;1-13(2,3)11-5-7-12(8-6-11)15-10-4-9-14-15;1-9-4-6-12(7-5-9)14-11(3)8-10(2)13-14;1-2-5-9(6-3-1)11-8-4-7-10-11;;;/h4-15,17H,1-3H3;4-9,11-15H,1-3H3;3-14H,1-2H3;4-7,9-10H,1-3H3;4-6,8H,1-3H3;1-5,7-8H;;;/q3*-2;3*-1;;;. The van der Waals surface area contributed by atoms with Gasteiger partial charge in [0.05, 0.1) is 5.69 Å². The van der Waals surface area contributed by atoms with Crippen LogP contribution in [0.4, 0.5) is 0 Å². The molecule has 0 atom stereocenters. The van der Waals surface area contributed by atoms with E-state index >= 15 is 0 Å². The van der Waals surface area contributed by atoms with Gasteiger partial charge in [-0.2, -0.15) is 104 Å². The van der Waals surface area contributed by atoms with Crippen molar-refractivity contribution >= 4 is 0 Å². The Morgan fingerprint density at radius 2 is 0.785 bits per heavy atom. The van der Waals surface area contributed by atoms with E-state index < -0.39 is 0 Å². The molecule has 15 heteroatoms. The van der Waals surface area contributed by atoms with Gasteiger partial charge in [-0.1, -0.05) is 268 Å². The normalized spacial score (nSPS) is 10.7. The number of aryl methyl sites for hydroxylation is 7. The van der Waals surface area contributed by atoms with Crippen molar-refractivity contribution < 1.29 is 63.2 Å². The summed E-state index contributed by atoms with van der Waals surface area (Å²) in [4.78, 5) is 0. The molecule has 0 saturated heterocycles. The third-order valence-electron chi connectivity index (χ3n) is 20.0. The molecule has 18 rings (SSSR count). The van der Waals surface area contributed by atoms with Crippen LogP contribution in [0.2, 0.25) is 0 Å². The molecule has 0 aliphatic rings. The van der Waals surface area contributed by atoms with Crippen LogP contribution in [0, 0.1) is 91.8 Å². The maximum atomic E-state index is 4.40. The van der Waals surface area contributed by atoms with Gasteiger partial charge in [-0.25, -0.2) is 17.1 Å². The zero-order chi connectivity index (χ0) is 82.7. The first kappa shape index (κ1) is 91.3. The van der Waals surface area contributed by atoms with Crippen molar-refractivity contribution in [1.29, 1.82) is 0 Å². The summed E-state index contributed by atoms with van der Waals surface area (Å²) < 4.78 is 5.50. The summed E-state index contributed by atoms with van der Waals surface area (Å²) in [6.45, 7) is 29.5. The minimum absolute atomic E-state index is 0. The fourth-order valence-electron chi connectivity index (χ4n) is 13.3. The zero-order valence-electron chi connectivity index (χ0n) is 70.4. The second kappa shape index (κ2) is 42.8. The van der Waals surface area contributed by atoms with Gasteiger partial charge in [-0.3, -0.25) is 14.0 Å². The molecule has 6 heterocycles. The fraction of sp³-hybridized carbons (Fsp3) is 0.151. The van der Waals surface area contributed by atoms with Crippen molar-refractivity contribution in [2.75, 3.05) is 0 Å². The van der Waals surface area contributed by atoms with Gasteiger partial charge in [0.15, 0.2) is 0 Å². The third-order valence-corrected chi connectivity index (χ3v) is 20.0. The van der Waals surface area contributed by atoms with Crippen LogP contribution < -0.4 is 15.3 Å². The summed E-state index contributed by atoms with van der Waals surface area (Å²) in [7, 11) is 0. The number of rotatable bonds is 12. The predicted molar refractivity (Wildman–Crippen MR) is 481 cm³/mol. The van der Waals surface area contributed by atoms with Crippen LogP contribution in [-0.2, 0) is 74.0 Å². The molecule has 0 amide bonds. The number of benzene rings is 12. The van der Waals surface area contributed by atoms with Crippen LogP contribution in [0.15, 0.2) is 322 Å². The number of hydrogen-bond donors (Lipinski definition) is 0. The Labute approximate surface area is 756 Å². The first-order valence-corrected chi connectivity index (χ1v) is 39.6. The summed E-state index contributed by atoms with van der Waals surface area (Å²) >= 11 is 0. The van der Waals surface area contributed by atoms with Gasteiger partial charge in [-0.05, 0) is 117 Å². The van der Waals surface area contributed by atoms with Gasteiger partial charge >= 0.3 is 0 Å². The molecule has 0 fully saturated rings. The number of hydrogen-bond acceptors (Lipinski definition) is 6. The van der Waals surface area contributed by atoms with E-state index in [1.54, 1.807) is 17.1 Å². The van der Waals surface area contributed by atoms with Crippen molar-refractivity contribution in [3.8, 4) is 118 Å². The Kier molecular flexibility index (Phi) is 32.3. The molecular formula is C106H95N12Pt3-9. The Hall–Kier alpha value is -12.0. The van der Waals surface area contributed by atoms with Crippen LogP contribution >= 0.6 is 0 Å². The van der Waals surface area contributed by atoms with Crippen molar-refractivity contribution in [2.45, 2.75) is 108 Å². The van der Waals surface area contributed by atoms with E-state index in [0.29, 0.717) is 0 Å². The molecule has 618 valence electrons. The van der Waals surface area contributed by atoms with Crippen LogP contribution in [0.3, 0.4) is 0 Å². The Morgan fingerprint density at radius 1 is 0.331 bits per heavy atom. The second-order valence-electron chi connectivity index (χ2n) is 31.2. The largest absolute Gasteiger partial charge is 0.619 e. The molecule has 0 saturated carbocycles. The SMILES string of the molecule is CC(C)(C)c1c[c-]c(-n2cccn2)cc1.CC(C)(C)c1cc(-c2[c-]cc(-c3ccc(-c4ccccc4)cc3)cc2)[n-]n1.Cc1c[c-]c(-n2nc(C)cc2C)cc1.Cc1cc(-c2[c-]cc(-c3c(C)cc(-c4ccccc4)cc3C)cc2)[n-]n1.Cc1n[n-]c(-c2[c-]cc(-c3ccc(-c4ccccc4)cc3)cc2)c1C.[Pt].[Pt].[Pt].[c-]1ccccc1-n1cccn1. The minimum Gasteiger partial charge on any atom is -0.619 e. The summed E-state index contributed by atoms with van der Waals surface area (Å²) in [5.41, 5.74) is 34.6. The van der Waals surface area contributed by atoms with E-state index in [2.05, 4.69) is 352 Å². The molecule has 0 radical (unpaired) electrons. The van der Waals surface area contributed by atoms with Gasteiger partial charge in [0, 0.05) is 116 Å². The number of nitrogens with zero attached hydrogens (tertiary/aromatic N) is 12. The maximum absolute atomic E-state index is 4.40. The van der Waals surface area contributed by atoms with Crippen LogP contribution in [0.5, 0.6) is 0 Å². The average molecular weight is 2120 g/mol. The van der Waals surface area contributed by atoms with Crippen LogP contribution in [0.1, 0.15) is 97.8 Å². The molecule has 0 unspecified atom stereocenters. The summed E-state index contributed by atoms with van der Waals surface area (Å²) in [6.07, 6.45) is 7.33. The molecule has 12 aromatic carbocycles. The number of para-hydroxylation sites is 1. The van der Waals surface area contributed by atoms with Gasteiger partial charge in [0.25, 0.3) is 0 Å². The van der Waals surface area contributed by atoms with Crippen molar-refractivity contribution in [1.82, 2.24) is 59.9 Å². The van der Waals surface area contributed by atoms with Gasteiger partial charge in [-0.15, -0.1) is 91.0 Å². The monoisotopic (exact) mass is 2120 g/mol. The molecule has 18 aromatic rings. The van der Waals surface area contributed by atoms with Crippen molar-refractivity contribution in [3.05, 3.63) is 415 Å². The first-order chi connectivity index (χ1) is 57.0. The first-order valence-electron chi connectivity index (χ1n) is 39.6. The summed E-state index contributed by atoms with van der Waals surface area (Å²) in [6, 6.07) is 121. The zero-order valence-corrected chi connectivity index (χ0v) is 77.2. The topological polar surface area (TPSA) is 134 Å². The minimum atomic E-state index is 0. The third kappa shape index (κ3) is 24.4. The van der Waals surface area contributed by atoms with E-state index in [-0.39, 0.29) is 74.0 Å². The Bertz CT molecular complexity index is 6100. The molecule has 0 aliphatic carbocycles. The smallest absolute Gasteiger partial charge is 0.0600 e. The molecule has 0 bridgehead atoms. The molecule has 0 spiro atoms. The molecule has 6 aromatic heterocycles. The van der Waals surface area contributed by atoms with Crippen molar-refractivity contribution in [3.63, 3.8) is 0 Å². The van der Waals surface area contributed by atoms with E-state index in [4.69, 9.17) is 0 Å². The molecule has 0 aliphatic heterocycles.